The van der Waals surface area contributed by atoms with Gasteiger partial charge in [-0.3, -0.25) is 0 Å². The molecular weight excluding hydrogens is 299 g/mol. The van der Waals surface area contributed by atoms with Crippen LogP contribution in [-0.4, -0.2) is 39.6 Å². The van der Waals surface area contributed by atoms with Crippen LogP contribution in [-0.2, 0) is 10.0 Å². The molecule has 1 aliphatic heterocycles. The van der Waals surface area contributed by atoms with E-state index in [0.29, 0.717) is 10.9 Å². The van der Waals surface area contributed by atoms with E-state index in [2.05, 4.69) is 11.6 Å². The number of sulfonamides is 1. The van der Waals surface area contributed by atoms with Crippen molar-refractivity contribution >= 4 is 27.5 Å². The van der Waals surface area contributed by atoms with E-state index in [-0.39, 0.29) is 4.90 Å². The fourth-order valence-electron chi connectivity index (χ4n) is 2.21. The highest BCUT2D eigenvalue weighted by atomic mass is 32.2. The SMILES string of the molecule is CC[C@@H]1CN(c2ccc(S(=O)(=O)NC)cc2F)CCS1. The third-order valence-corrected chi connectivity index (χ3v) is 6.22. The lowest BCUT2D eigenvalue weighted by molar-refractivity contribution is 0.582. The van der Waals surface area contributed by atoms with Gasteiger partial charge in [-0.15, -0.1) is 0 Å². The maximum Gasteiger partial charge on any atom is 0.240 e. The van der Waals surface area contributed by atoms with E-state index in [0.717, 1.165) is 31.3 Å². The number of anilines is 1. The van der Waals surface area contributed by atoms with Crippen molar-refractivity contribution in [3.8, 4) is 0 Å². The predicted octanol–water partition coefficient (Wildman–Crippen LogP) is 2.07. The molecule has 20 heavy (non-hydrogen) atoms. The van der Waals surface area contributed by atoms with E-state index in [4.69, 9.17) is 0 Å². The Bertz CT molecular complexity index is 578. The molecule has 0 saturated carbocycles. The zero-order valence-electron chi connectivity index (χ0n) is 11.6. The van der Waals surface area contributed by atoms with Crippen LogP contribution in [0.5, 0.6) is 0 Å². The van der Waals surface area contributed by atoms with Crippen LogP contribution in [0.25, 0.3) is 0 Å². The Morgan fingerprint density at radius 3 is 2.85 bits per heavy atom. The van der Waals surface area contributed by atoms with Gasteiger partial charge in [0.05, 0.1) is 10.6 Å². The van der Waals surface area contributed by atoms with Crippen molar-refractivity contribution in [3.63, 3.8) is 0 Å². The number of thioether (sulfide) groups is 1. The van der Waals surface area contributed by atoms with Crippen LogP contribution < -0.4 is 9.62 Å². The number of rotatable bonds is 4. The largest absolute Gasteiger partial charge is 0.367 e. The first-order chi connectivity index (χ1) is 9.47. The highest BCUT2D eigenvalue weighted by molar-refractivity contribution is 8.00. The molecule has 0 spiro atoms. The lowest BCUT2D eigenvalue weighted by Crippen LogP contribution is -2.38. The molecule has 7 heteroatoms. The number of hydrogen-bond acceptors (Lipinski definition) is 4. The van der Waals surface area contributed by atoms with Crippen molar-refractivity contribution in [3.05, 3.63) is 24.0 Å². The molecule has 112 valence electrons. The second kappa shape index (κ2) is 6.32. The summed E-state index contributed by atoms with van der Waals surface area (Å²) in [4.78, 5) is 1.95. The first kappa shape index (κ1) is 15.6. The monoisotopic (exact) mass is 318 g/mol. The average molecular weight is 318 g/mol. The van der Waals surface area contributed by atoms with Crippen LogP contribution in [0.2, 0.25) is 0 Å². The Balaban J connectivity index is 2.26. The Morgan fingerprint density at radius 1 is 1.50 bits per heavy atom. The van der Waals surface area contributed by atoms with E-state index in [1.807, 2.05) is 16.7 Å². The average Bonchev–Trinajstić information content (AvgIpc) is 2.47. The van der Waals surface area contributed by atoms with Crippen molar-refractivity contribution in [1.29, 1.82) is 0 Å². The molecule has 1 saturated heterocycles. The number of hydrogen-bond donors (Lipinski definition) is 1. The molecule has 0 aromatic heterocycles. The van der Waals surface area contributed by atoms with Gasteiger partial charge in [0.1, 0.15) is 5.82 Å². The zero-order valence-corrected chi connectivity index (χ0v) is 13.2. The van der Waals surface area contributed by atoms with Gasteiger partial charge in [0, 0.05) is 24.1 Å². The van der Waals surface area contributed by atoms with E-state index < -0.39 is 15.8 Å². The van der Waals surface area contributed by atoms with Gasteiger partial charge in [-0.1, -0.05) is 6.92 Å². The number of nitrogens with zero attached hydrogens (tertiary/aromatic N) is 1. The van der Waals surface area contributed by atoms with E-state index in [1.165, 1.54) is 13.1 Å². The fourth-order valence-corrected chi connectivity index (χ4v) is 4.14. The molecule has 0 aliphatic carbocycles. The molecule has 2 rings (SSSR count). The molecule has 0 bridgehead atoms. The Hall–Kier alpha value is -0.790. The topological polar surface area (TPSA) is 49.4 Å². The van der Waals surface area contributed by atoms with E-state index in [1.54, 1.807) is 6.07 Å². The van der Waals surface area contributed by atoms with Crippen LogP contribution in [0.4, 0.5) is 10.1 Å². The van der Waals surface area contributed by atoms with Crippen molar-refractivity contribution < 1.29 is 12.8 Å². The summed E-state index contributed by atoms with van der Waals surface area (Å²) < 4.78 is 39.7. The molecule has 1 fully saturated rings. The minimum Gasteiger partial charge on any atom is -0.367 e. The van der Waals surface area contributed by atoms with E-state index in [9.17, 15) is 12.8 Å². The van der Waals surface area contributed by atoms with E-state index >= 15 is 0 Å². The molecule has 0 amide bonds. The summed E-state index contributed by atoms with van der Waals surface area (Å²) in [5.41, 5.74) is 0.485. The highest BCUT2D eigenvalue weighted by Crippen LogP contribution is 2.28. The second-order valence-electron chi connectivity index (χ2n) is 4.67. The van der Waals surface area contributed by atoms with Gasteiger partial charge in [0.15, 0.2) is 0 Å². The second-order valence-corrected chi connectivity index (χ2v) is 7.96. The first-order valence-electron chi connectivity index (χ1n) is 6.57. The van der Waals surface area contributed by atoms with Crippen molar-refractivity contribution in [2.45, 2.75) is 23.5 Å². The van der Waals surface area contributed by atoms with Gasteiger partial charge in [-0.2, -0.15) is 11.8 Å². The molecule has 1 heterocycles. The minimum atomic E-state index is -3.60. The lowest BCUT2D eigenvalue weighted by Gasteiger charge is -2.33. The standard InChI is InChI=1S/C13H19FN2O2S2/c1-3-10-9-16(6-7-19-10)13-5-4-11(8-12(13)14)20(17,18)15-2/h4-5,8,10,15H,3,6-7,9H2,1-2H3/t10-/m1/s1. The molecule has 1 aromatic carbocycles. The molecule has 4 nitrogen and oxygen atoms in total. The van der Waals surface area contributed by atoms with Crippen molar-refractivity contribution in [2.75, 3.05) is 30.8 Å². The molecule has 0 radical (unpaired) electrons. The summed E-state index contributed by atoms with van der Waals surface area (Å²) in [5.74, 6) is 0.484. The summed E-state index contributed by atoms with van der Waals surface area (Å²) >= 11 is 1.91. The summed E-state index contributed by atoms with van der Waals surface area (Å²) in [5, 5.41) is 0.504. The van der Waals surface area contributed by atoms with Crippen LogP contribution in [0.15, 0.2) is 23.1 Å². The maximum atomic E-state index is 14.2. The quantitative estimate of drug-likeness (QED) is 0.923. The Labute approximate surface area is 123 Å². The van der Waals surface area contributed by atoms with Crippen molar-refractivity contribution in [1.82, 2.24) is 4.72 Å². The minimum absolute atomic E-state index is 0.0420. The van der Waals surface area contributed by atoms with Gasteiger partial charge >= 0.3 is 0 Å². The summed E-state index contributed by atoms with van der Waals surface area (Å²) in [6, 6.07) is 4.10. The summed E-state index contributed by atoms with van der Waals surface area (Å²) in [6.45, 7) is 3.71. The predicted molar refractivity (Wildman–Crippen MR) is 81.4 cm³/mol. The molecule has 1 atom stereocenters. The van der Waals surface area contributed by atoms with Gasteiger partial charge in [0.2, 0.25) is 10.0 Å². The first-order valence-corrected chi connectivity index (χ1v) is 9.10. The molecule has 0 unspecified atom stereocenters. The lowest BCUT2D eigenvalue weighted by atomic mass is 10.2. The zero-order chi connectivity index (χ0) is 14.8. The van der Waals surface area contributed by atoms with Gasteiger partial charge in [0.25, 0.3) is 0 Å². The van der Waals surface area contributed by atoms with Crippen LogP contribution in [0.1, 0.15) is 13.3 Å². The van der Waals surface area contributed by atoms with Crippen LogP contribution in [0, 0.1) is 5.82 Å². The highest BCUT2D eigenvalue weighted by Gasteiger charge is 2.22. The third-order valence-electron chi connectivity index (χ3n) is 3.43. The molecule has 1 aliphatic rings. The van der Waals surface area contributed by atoms with Crippen LogP contribution >= 0.6 is 11.8 Å². The Kier molecular flexibility index (Phi) is 4.93. The van der Waals surface area contributed by atoms with Gasteiger partial charge in [-0.05, 0) is 31.7 Å². The maximum absolute atomic E-state index is 14.2. The smallest absolute Gasteiger partial charge is 0.240 e. The number of benzene rings is 1. The Morgan fingerprint density at radius 2 is 2.25 bits per heavy atom. The summed E-state index contributed by atoms with van der Waals surface area (Å²) in [7, 11) is -2.28. The molecule has 1 N–H and O–H groups in total. The van der Waals surface area contributed by atoms with Gasteiger partial charge < -0.3 is 4.90 Å². The normalized spacial score (nSPS) is 20.1. The number of nitrogens with one attached hydrogen (secondary N) is 1. The number of halogens is 1. The molecular formula is C13H19FN2O2S2. The fraction of sp³-hybridized carbons (Fsp3) is 0.538. The van der Waals surface area contributed by atoms with Crippen molar-refractivity contribution in [2.24, 2.45) is 0 Å². The van der Waals surface area contributed by atoms with Crippen LogP contribution in [0.3, 0.4) is 0 Å². The molecule has 1 aromatic rings. The summed E-state index contributed by atoms with van der Waals surface area (Å²) in [6.07, 6.45) is 1.05. The third kappa shape index (κ3) is 3.27. The van der Waals surface area contributed by atoms with Gasteiger partial charge in [-0.25, -0.2) is 17.5 Å².